The van der Waals surface area contributed by atoms with Crippen molar-refractivity contribution in [2.45, 2.75) is 26.2 Å². The van der Waals surface area contributed by atoms with E-state index in [9.17, 15) is 4.79 Å². The van der Waals surface area contributed by atoms with Crippen molar-refractivity contribution in [1.29, 1.82) is 0 Å². The lowest BCUT2D eigenvalue weighted by Crippen LogP contribution is -2.25. The van der Waals surface area contributed by atoms with Gasteiger partial charge in [-0.05, 0) is 37.6 Å². The molecule has 1 aliphatic rings. The highest BCUT2D eigenvalue weighted by Crippen LogP contribution is 2.36. The third kappa shape index (κ3) is 2.99. The van der Waals surface area contributed by atoms with Crippen LogP contribution in [-0.2, 0) is 4.79 Å². The van der Waals surface area contributed by atoms with Crippen molar-refractivity contribution < 1.29 is 9.32 Å². The molecule has 0 bridgehead atoms. The van der Waals surface area contributed by atoms with Crippen molar-refractivity contribution in [2.75, 3.05) is 11.4 Å². The summed E-state index contributed by atoms with van der Waals surface area (Å²) in [5.41, 5.74) is 3.75. The van der Waals surface area contributed by atoms with E-state index in [1.807, 2.05) is 50.2 Å². The van der Waals surface area contributed by atoms with E-state index in [0.29, 0.717) is 29.7 Å². The molecule has 2 heterocycles. The maximum absolute atomic E-state index is 12.6. The number of anilines is 1. The molecule has 1 atom stereocenters. The summed E-state index contributed by atoms with van der Waals surface area (Å²) < 4.78 is 5.42. The van der Waals surface area contributed by atoms with E-state index in [1.165, 1.54) is 0 Å². The minimum atomic E-state index is -0.111. The zero-order valence-corrected chi connectivity index (χ0v) is 15.3. The van der Waals surface area contributed by atoms with Crippen LogP contribution in [-0.4, -0.2) is 22.6 Å². The van der Waals surface area contributed by atoms with Crippen LogP contribution in [0.2, 0.25) is 5.02 Å². The Bertz CT molecular complexity index is 962. The number of hydrogen-bond donors (Lipinski definition) is 0. The molecule has 1 aromatic heterocycles. The summed E-state index contributed by atoms with van der Waals surface area (Å²) in [6.07, 6.45) is 0.345. The topological polar surface area (TPSA) is 59.2 Å². The molecule has 0 spiro atoms. The average molecular weight is 368 g/mol. The number of benzene rings is 2. The predicted molar refractivity (Wildman–Crippen MR) is 100 cm³/mol. The van der Waals surface area contributed by atoms with Gasteiger partial charge in [-0.1, -0.05) is 46.6 Å². The van der Waals surface area contributed by atoms with Crippen LogP contribution in [0.1, 0.15) is 29.3 Å². The van der Waals surface area contributed by atoms with Crippen LogP contribution < -0.4 is 4.90 Å². The van der Waals surface area contributed by atoms with Crippen molar-refractivity contribution in [1.82, 2.24) is 10.1 Å². The normalized spacial score (nSPS) is 17.1. The molecule has 0 aliphatic carbocycles. The Balaban J connectivity index is 1.60. The van der Waals surface area contributed by atoms with E-state index in [0.717, 1.165) is 22.4 Å². The van der Waals surface area contributed by atoms with Gasteiger partial charge in [0.2, 0.25) is 5.91 Å². The SMILES string of the molecule is Cc1cccc(-c2nc(C3CC(=O)N(c4c(C)cccc4Cl)C3)no2)c1. The number of rotatable bonds is 3. The average Bonchev–Trinajstić information content (AvgIpc) is 3.22. The molecule has 3 aromatic rings. The second-order valence-electron chi connectivity index (χ2n) is 6.64. The maximum Gasteiger partial charge on any atom is 0.257 e. The molecule has 26 heavy (non-hydrogen) atoms. The van der Waals surface area contributed by atoms with Crippen LogP contribution in [0.4, 0.5) is 5.69 Å². The Morgan fingerprint density at radius 2 is 2.00 bits per heavy atom. The third-order valence-corrected chi connectivity index (χ3v) is 4.96. The first-order valence-corrected chi connectivity index (χ1v) is 8.87. The predicted octanol–water partition coefficient (Wildman–Crippen LogP) is 4.53. The van der Waals surface area contributed by atoms with Crippen molar-refractivity contribution in [2.24, 2.45) is 0 Å². The Labute approximate surface area is 156 Å². The van der Waals surface area contributed by atoms with Gasteiger partial charge in [0.05, 0.1) is 10.7 Å². The quantitative estimate of drug-likeness (QED) is 0.682. The van der Waals surface area contributed by atoms with Crippen LogP contribution in [0.15, 0.2) is 47.0 Å². The molecule has 4 rings (SSSR count). The van der Waals surface area contributed by atoms with Crippen LogP contribution in [0.25, 0.3) is 11.5 Å². The Morgan fingerprint density at radius 1 is 1.19 bits per heavy atom. The maximum atomic E-state index is 12.6. The van der Waals surface area contributed by atoms with Crippen molar-refractivity contribution in [3.63, 3.8) is 0 Å². The largest absolute Gasteiger partial charge is 0.334 e. The minimum Gasteiger partial charge on any atom is -0.334 e. The second kappa shape index (κ2) is 6.57. The molecule has 1 aliphatic heterocycles. The lowest BCUT2D eigenvalue weighted by molar-refractivity contribution is -0.117. The van der Waals surface area contributed by atoms with E-state index in [4.69, 9.17) is 16.1 Å². The van der Waals surface area contributed by atoms with E-state index in [-0.39, 0.29) is 11.8 Å². The molecular formula is C20H18ClN3O2. The highest BCUT2D eigenvalue weighted by molar-refractivity contribution is 6.34. The highest BCUT2D eigenvalue weighted by Gasteiger charge is 2.36. The molecule has 0 radical (unpaired) electrons. The summed E-state index contributed by atoms with van der Waals surface area (Å²) in [4.78, 5) is 18.8. The number of aromatic nitrogens is 2. The Kier molecular flexibility index (Phi) is 4.24. The van der Waals surface area contributed by atoms with E-state index < -0.39 is 0 Å². The second-order valence-corrected chi connectivity index (χ2v) is 7.05. The molecule has 1 saturated heterocycles. The van der Waals surface area contributed by atoms with E-state index in [1.54, 1.807) is 11.0 Å². The third-order valence-electron chi connectivity index (χ3n) is 4.66. The van der Waals surface area contributed by atoms with Crippen LogP contribution in [0, 0.1) is 13.8 Å². The summed E-state index contributed by atoms with van der Waals surface area (Å²) >= 11 is 6.32. The molecule has 0 saturated carbocycles. The van der Waals surface area contributed by atoms with Crippen LogP contribution in [0.3, 0.4) is 0 Å². The number of carbonyl (C=O) groups is 1. The zero-order valence-electron chi connectivity index (χ0n) is 14.6. The van der Waals surface area contributed by atoms with Gasteiger partial charge >= 0.3 is 0 Å². The zero-order chi connectivity index (χ0) is 18.3. The van der Waals surface area contributed by atoms with Gasteiger partial charge in [-0.3, -0.25) is 4.79 Å². The molecule has 1 amide bonds. The van der Waals surface area contributed by atoms with Gasteiger partial charge in [0.1, 0.15) is 0 Å². The molecule has 1 fully saturated rings. The number of nitrogens with zero attached hydrogens (tertiary/aromatic N) is 3. The molecule has 0 N–H and O–H groups in total. The summed E-state index contributed by atoms with van der Waals surface area (Å²) in [5, 5.41) is 4.69. The number of aryl methyl sites for hydroxylation is 2. The smallest absolute Gasteiger partial charge is 0.257 e. The molecular weight excluding hydrogens is 350 g/mol. The number of para-hydroxylation sites is 1. The first-order valence-electron chi connectivity index (χ1n) is 8.49. The van der Waals surface area contributed by atoms with Gasteiger partial charge in [-0.25, -0.2) is 0 Å². The van der Waals surface area contributed by atoms with Gasteiger partial charge in [-0.2, -0.15) is 4.98 Å². The van der Waals surface area contributed by atoms with Crippen LogP contribution >= 0.6 is 11.6 Å². The summed E-state index contributed by atoms with van der Waals surface area (Å²) in [6.45, 7) is 4.46. The van der Waals surface area contributed by atoms with Gasteiger partial charge in [0.25, 0.3) is 5.89 Å². The summed E-state index contributed by atoms with van der Waals surface area (Å²) in [7, 11) is 0. The van der Waals surface area contributed by atoms with Gasteiger partial charge in [0, 0.05) is 24.4 Å². The lowest BCUT2D eigenvalue weighted by atomic mass is 10.1. The fourth-order valence-electron chi connectivity index (χ4n) is 3.36. The van der Waals surface area contributed by atoms with Gasteiger partial charge < -0.3 is 9.42 Å². The first-order chi connectivity index (χ1) is 12.5. The number of amides is 1. The Hall–Kier alpha value is -2.66. The monoisotopic (exact) mass is 367 g/mol. The summed E-state index contributed by atoms with van der Waals surface area (Å²) in [5.74, 6) is 0.944. The van der Waals surface area contributed by atoms with E-state index in [2.05, 4.69) is 10.1 Å². The van der Waals surface area contributed by atoms with E-state index >= 15 is 0 Å². The standard InChI is InChI=1S/C20H18ClN3O2/c1-12-5-3-7-14(9-12)20-22-19(23-26-20)15-10-17(25)24(11-15)18-13(2)6-4-8-16(18)21/h3-9,15H,10-11H2,1-2H3. The fraction of sp³-hybridized carbons (Fsp3) is 0.250. The molecule has 5 nitrogen and oxygen atoms in total. The Morgan fingerprint density at radius 3 is 2.77 bits per heavy atom. The minimum absolute atomic E-state index is 0.0214. The van der Waals surface area contributed by atoms with Crippen LogP contribution in [0.5, 0.6) is 0 Å². The van der Waals surface area contributed by atoms with Gasteiger partial charge in [0.15, 0.2) is 5.82 Å². The molecule has 1 unspecified atom stereocenters. The van der Waals surface area contributed by atoms with Crippen molar-refractivity contribution in [3.8, 4) is 11.5 Å². The first kappa shape index (κ1) is 16.8. The molecule has 2 aromatic carbocycles. The molecule has 132 valence electrons. The summed E-state index contributed by atoms with van der Waals surface area (Å²) in [6, 6.07) is 13.5. The fourth-order valence-corrected chi connectivity index (χ4v) is 3.68. The number of carbonyl (C=O) groups excluding carboxylic acids is 1. The van der Waals surface area contributed by atoms with Gasteiger partial charge in [-0.15, -0.1) is 0 Å². The molecule has 6 heteroatoms. The number of halogens is 1. The van der Waals surface area contributed by atoms with Crippen molar-refractivity contribution in [3.05, 3.63) is 64.4 Å². The number of hydrogen-bond acceptors (Lipinski definition) is 4. The highest BCUT2D eigenvalue weighted by atomic mass is 35.5. The van der Waals surface area contributed by atoms with Crippen molar-refractivity contribution >= 4 is 23.2 Å². The lowest BCUT2D eigenvalue weighted by Gasteiger charge is -2.20.